The van der Waals surface area contributed by atoms with E-state index < -0.39 is 0 Å². The summed E-state index contributed by atoms with van der Waals surface area (Å²) in [6.45, 7) is 2.79. The first-order valence-electron chi connectivity index (χ1n) is 7.19. The van der Waals surface area contributed by atoms with Crippen LogP contribution in [-0.4, -0.2) is 22.1 Å². The summed E-state index contributed by atoms with van der Waals surface area (Å²) < 4.78 is 7.21. The summed E-state index contributed by atoms with van der Waals surface area (Å²) in [5, 5.41) is 2.87. The van der Waals surface area contributed by atoms with Crippen molar-refractivity contribution in [1.82, 2.24) is 9.55 Å². The highest BCUT2D eigenvalue weighted by Gasteiger charge is 2.07. The fraction of sp³-hybridized carbons (Fsp3) is 0.176. The first-order chi connectivity index (χ1) is 10.8. The summed E-state index contributed by atoms with van der Waals surface area (Å²) in [5.41, 5.74) is 2.58. The topological polar surface area (TPSA) is 56.1 Å². The Bertz CT molecular complexity index is 778. The van der Waals surface area contributed by atoms with E-state index in [4.69, 9.17) is 4.74 Å². The van der Waals surface area contributed by atoms with Crippen molar-refractivity contribution < 1.29 is 9.53 Å². The quantitative estimate of drug-likeness (QED) is 0.787. The van der Waals surface area contributed by atoms with Gasteiger partial charge in [0.1, 0.15) is 12.3 Å². The van der Waals surface area contributed by atoms with E-state index in [1.807, 2.05) is 60.0 Å². The molecule has 5 heteroatoms. The molecule has 0 bridgehead atoms. The van der Waals surface area contributed by atoms with Gasteiger partial charge in [-0.15, -0.1) is 0 Å². The van der Waals surface area contributed by atoms with E-state index in [9.17, 15) is 4.79 Å². The Morgan fingerprint density at radius 2 is 1.95 bits per heavy atom. The fourth-order valence-corrected chi connectivity index (χ4v) is 2.29. The predicted molar refractivity (Wildman–Crippen MR) is 86.0 cm³/mol. The van der Waals surface area contributed by atoms with Gasteiger partial charge in [0, 0.05) is 5.69 Å². The molecular formula is C17H17N3O2. The maximum absolute atomic E-state index is 12.1. The van der Waals surface area contributed by atoms with Crippen molar-refractivity contribution in [2.24, 2.45) is 0 Å². The van der Waals surface area contributed by atoms with Crippen LogP contribution >= 0.6 is 0 Å². The van der Waals surface area contributed by atoms with Crippen molar-refractivity contribution in [3.63, 3.8) is 0 Å². The molecule has 0 saturated heterocycles. The molecule has 3 aromatic rings. The number of ether oxygens (including phenoxy) is 1. The fourth-order valence-electron chi connectivity index (χ4n) is 2.29. The smallest absolute Gasteiger partial charge is 0.244 e. The van der Waals surface area contributed by atoms with Crippen LogP contribution in [0.4, 0.5) is 5.69 Å². The maximum atomic E-state index is 12.1. The van der Waals surface area contributed by atoms with Gasteiger partial charge >= 0.3 is 0 Å². The summed E-state index contributed by atoms with van der Waals surface area (Å²) in [5.74, 6) is 0.702. The van der Waals surface area contributed by atoms with Crippen LogP contribution in [0, 0.1) is 0 Å². The Balaban J connectivity index is 1.67. The van der Waals surface area contributed by atoms with E-state index >= 15 is 0 Å². The minimum Gasteiger partial charge on any atom is -0.494 e. The lowest BCUT2D eigenvalue weighted by Gasteiger charge is -2.08. The molecule has 0 unspecified atom stereocenters. The number of anilines is 1. The number of rotatable bonds is 5. The first-order valence-corrected chi connectivity index (χ1v) is 7.19. The summed E-state index contributed by atoms with van der Waals surface area (Å²) in [6.07, 6.45) is 1.68. The molecule has 1 amide bonds. The minimum absolute atomic E-state index is 0.0905. The van der Waals surface area contributed by atoms with Crippen molar-refractivity contribution in [2.75, 3.05) is 11.9 Å². The van der Waals surface area contributed by atoms with Crippen molar-refractivity contribution in [1.29, 1.82) is 0 Å². The number of aromatic nitrogens is 2. The molecule has 2 aromatic carbocycles. The van der Waals surface area contributed by atoms with Gasteiger partial charge in [-0.1, -0.05) is 12.1 Å². The number of carbonyl (C=O) groups is 1. The van der Waals surface area contributed by atoms with Crippen LogP contribution in [0.1, 0.15) is 6.92 Å². The molecule has 3 rings (SSSR count). The molecule has 1 heterocycles. The first kappa shape index (κ1) is 14.1. The molecule has 0 aliphatic carbocycles. The van der Waals surface area contributed by atoms with Crippen molar-refractivity contribution >= 4 is 22.6 Å². The van der Waals surface area contributed by atoms with E-state index in [-0.39, 0.29) is 12.5 Å². The number of nitrogens with one attached hydrogen (secondary N) is 1. The Morgan fingerprint density at radius 1 is 1.18 bits per heavy atom. The van der Waals surface area contributed by atoms with Gasteiger partial charge in [-0.2, -0.15) is 0 Å². The van der Waals surface area contributed by atoms with Crippen LogP contribution < -0.4 is 10.1 Å². The van der Waals surface area contributed by atoms with Crippen LogP contribution in [0.3, 0.4) is 0 Å². The highest BCUT2D eigenvalue weighted by atomic mass is 16.5. The third kappa shape index (κ3) is 3.09. The summed E-state index contributed by atoms with van der Waals surface area (Å²) in [6, 6.07) is 15.1. The average molecular weight is 295 g/mol. The number of hydrogen-bond acceptors (Lipinski definition) is 3. The Kier molecular flexibility index (Phi) is 4.05. The van der Waals surface area contributed by atoms with Crippen LogP contribution in [-0.2, 0) is 11.3 Å². The van der Waals surface area contributed by atoms with Crippen molar-refractivity contribution in [3.8, 4) is 5.75 Å². The highest BCUT2D eigenvalue weighted by Crippen LogP contribution is 2.16. The van der Waals surface area contributed by atoms with Crippen LogP contribution in [0.5, 0.6) is 5.75 Å². The van der Waals surface area contributed by atoms with Crippen LogP contribution in [0.15, 0.2) is 54.9 Å². The number of nitrogens with zero attached hydrogens (tertiary/aromatic N) is 2. The van der Waals surface area contributed by atoms with E-state index in [2.05, 4.69) is 10.3 Å². The SMILES string of the molecule is CCOc1ccc(NC(=O)Cn2cnc3ccccc32)cc1. The number of fused-ring (bicyclic) bond motifs is 1. The normalized spacial score (nSPS) is 10.6. The number of benzene rings is 2. The van der Waals surface area contributed by atoms with Gasteiger partial charge in [-0.25, -0.2) is 4.98 Å². The van der Waals surface area contributed by atoms with Crippen LogP contribution in [0.2, 0.25) is 0 Å². The van der Waals surface area contributed by atoms with Crippen molar-refractivity contribution in [3.05, 3.63) is 54.9 Å². The van der Waals surface area contributed by atoms with Gasteiger partial charge in [0.2, 0.25) is 5.91 Å². The summed E-state index contributed by atoms with van der Waals surface area (Å²) >= 11 is 0. The van der Waals surface area contributed by atoms with Crippen LogP contribution in [0.25, 0.3) is 11.0 Å². The maximum Gasteiger partial charge on any atom is 0.244 e. The minimum atomic E-state index is -0.0905. The predicted octanol–water partition coefficient (Wildman–Crippen LogP) is 3.07. The van der Waals surface area contributed by atoms with Gasteiger partial charge in [0.15, 0.2) is 0 Å². The molecule has 1 N–H and O–H groups in total. The average Bonchev–Trinajstić information content (AvgIpc) is 2.93. The molecule has 0 aliphatic rings. The molecule has 0 fully saturated rings. The van der Waals surface area contributed by atoms with Gasteiger partial charge in [0.25, 0.3) is 0 Å². The molecule has 22 heavy (non-hydrogen) atoms. The molecule has 112 valence electrons. The molecule has 5 nitrogen and oxygen atoms in total. The molecular weight excluding hydrogens is 278 g/mol. The molecule has 0 atom stereocenters. The number of carbonyl (C=O) groups excluding carboxylic acids is 1. The Hall–Kier alpha value is -2.82. The largest absolute Gasteiger partial charge is 0.494 e. The zero-order valence-corrected chi connectivity index (χ0v) is 12.3. The third-order valence-corrected chi connectivity index (χ3v) is 3.29. The zero-order valence-electron chi connectivity index (χ0n) is 12.3. The van der Waals surface area contributed by atoms with Gasteiger partial charge < -0.3 is 14.6 Å². The Labute approximate surface area is 128 Å². The van der Waals surface area contributed by atoms with E-state index in [1.54, 1.807) is 6.33 Å². The molecule has 0 saturated carbocycles. The monoisotopic (exact) mass is 295 g/mol. The summed E-state index contributed by atoms with van der Waals surface area (Å²) in [4.78, 5) is 16.4. The number of para-hydroxylation sites is 2. The van der Waals surface area contributed by atoms with E-state index in [0.717, 1.165) is 22.5 Å². The molecule has 0 spiro atoms. The number of imidazole rings is 1. The zero-order chi connectivity index (χ0) is 15.4. The number of amides is 1. The molecule has 0 radical (unpaired) electrons. The van der Waals surface area contributed by atoms with Crippen molar-refractivity contribution in [2.45, 2.75) is 13.5 Å². The lowest BCUT2D eigenvalue weighted by molar-refractivity contribution is -0.116. The van der Waals surface area contributed by atoms with E-state index in [1.165, 1.54) is 0 Å². The van der Waals surface area contributed by atoms with Gasteiger partial charge in [0.05, 0.1) is 24.0 Å². The van der Waals surface area contributed by atoms with Gasteiger partial charge in [-0.3, -0.25) is 4.79 Å². The lowest BCUT2D eigenvalue weighted by Crippen LogP contribution is -2.18. The molecule has 0 aliphatic heterocycles. The second-order valence-electron chi connectivity index (χ2n) is 4.87. The number of hydrogen-bond donors (Lipinski definition) is 1. The standard InChI is InChI=1S/C17H17N3O2/c1-2-22-14-9-7-13(8-10-14)19-17(21)11-20-12-18-15-5-3-4-6-16(15)20/h3-10,12H,2,11H2,1H3,(H,19,21). The highest BCUT2D eigenvalue weighted by molar-refractivity contribution is 5.91. The van der Waals surface area contributed by atoms with E-state index in [0.29, 0.717) is 6.61 Å². The Morgan fingerprint density at radius 3 is 2.73 bits per heavy atom. The summed E-state index contributed by atoms with van der Waals surface area (Å²) in [7, 11) is 0. The second kappa shape index (κ2) is 6.30. The lowest BCUT2D eigenvalue weighted by atomic mass is 10.3. The van der Waals surface area contributed by atoms with Gasteiger partial charge in [-0.05, 0) is 43.3 Å². The third-order valence-electron chi connectivity index (χ3n) is 3.29. The second-order valence-corrected chi connectivity index (χ2v) is 4.87. The molecule has 1 aromatic heterocycles.